The zero-order chi connectivity index (χ0) is 58.5. The van der Waals surface area contributed by atoms with Gasteiger partial charge in [0.2, 0.25) is 0 Å². The third-order valence-electron chi connectivity index (χ3n) is 30.4. The summed E-state index contributed by atoms with van der Waals surface area (Å²) in [5.74, 6) is 7.58. The van der Waals surface area contributed by atoms with Gasteiger partial charge < -0.3 is 45.1 Å². The third-order valence-corrected chi connectivity index (χ3v) is 30.4. The maximum atomic E-state index is 16.1. The van der Waals surface area contributed by atoms with E-state index in [2.05, 4.69) is 78.7 Å². The minimum Gasteiger partial charge on any atom is -0.454 e. The molecule has 18 rings (SSSR count). The van der Waals surface area contributed by atoms with E-state index in [1.54, 1.807) is 6.08 Å². The SMILES string of the molecule is CNC1Cc2c(cccc2CO)C#CCCC23CCC4C(O)(CC5CC6CCC7C8OC(Cc9cccc(c9)CC9CCC(C9)C6C)C6CCC9%10CCC(c%11ccccc%11)CC9CC6C8%10CC4(C=O)C57O)C2(O)CC2CC1C1OC(=O)C=C1C23CO. The Balaban J connectivity index is 0.868. The Morgan fingerprint density at radius 1 is 0.756 bits per heavy atom. The molecule has 0 amide bonds. The van der Waals surface area contributed by atoms with Crippen LogP contribution in [-0.2, 0) is 44.9 Å². The van der Waals surface area contributed by atoms with Gasteiger partial charge >= 0.3 is 5.97 Å². The molecule has 456 valence electrons. The zero-order valence-corrected chi connectivity index (χ0v) is 50.9. The summed E-state index contributed by atoms with van der Waals surface area (Å²) in [6, 6.07) is 26.4. The predicted molar refractivity (Wildman–Crippen MR) is 326 cm³/mol. The number of aliphatic hydroxyl groups is 5. The highest BCUT2D eigenvalue weighted by Crippen LogP contribution is 2.87. The molecule has 15 aliphatic rings. The Bertz CT molecular complexity index is 3350. The van der Waals surface area contributed by atoms with Crippen LogP contribution < -0.4 is 5.32 Å². The number of carbonyl (C=O) groups is 2. The van der Waals surface area contributed by atoms with Gasteiger partial charge in [-0.05, 0) is 252 Å². The van der Waals surface area contributed by atoms with Crippen LogP contribution in [0.15, 0.2) is 84.4 Å². The molecule has 3 spiro atoms. The second-order valence-corrected chi connectivity index (χ2v) is 32.0. The Morgan fingerprint density at radius 3 is 2.37 bits per heavy atom. The molecule has 1 saturated heterocycles. The standard InChI is InChI=1S/C76H93NO9/c1-44-50-18-17-47(30-50)29-45-10-8-11-46(28-45)31-64-57-22-26-69-25-21-52(48-12-4-3-5-13-48)33-54(69)35-61(57)72(69)41-70(42-79)65-23-27-71-24-7-6-14-49-15-9-16-53(40-78)58(49)36-63(77-2)59-34-55(73(71,43-80)62-37-66(81)86-67(59)62)39-75(71,83)74(65,82)38-56-32-51(44)19-20-60(68(72)85-64)76(56,70)84/h3-5,8-13,15-16,28,37,42,44,47,50-52,54-57,59-61,63-65,67-68,77-78,80,82-84H,7,17-27,29-36,38-41,43H2,1-2H3. The van der Waals surface area contributed by atoms with E-state index in [4.69, 9.17) is 9.47 Å². The van der Waals surface area contributed by atoms with Gasteiger partial charge in [-0.1, -0.05) is 85.5 Å². The molecule has 86 heavy (non-hydrogen) atoms. The summed E-state index contributed by atoms with van der Waals surface area (Å²) in [5.41, 5.74) is -1.99. The van der Waals surface area contributed by atoms with Gasteiger partial charge in [0.15, 0.2) is 0 Å². The lowest BCUT2D eigenvalue weighted by Gasteiger charge is -2.78. The molecule has 0 radical (unpaired) electrons. The first-order chi connectivity index (χ1) is 41.7. The van der Waals surface area contributed by atoms with Crippen molar-refractivity contribution in [3.8, 4) is 11.8 Å². The van der Waals surface area contributed by atoms with E-state index in [9.17, 15) is 15.0 Å². The van der Waals surface area contributed by atoms with Gasteiger partial charge in [0, 0.05) is 58.1 Å². The highest BCUT2D eigenvalue weighted by molar-refractivity contribution is 5.87. The van der Waals surface area contributed by atoms with Crippen LogP contribution in [0.5, 0.6) is 0 Å². The first kappa shape index (κ1) is 55.9. The smallest absolute Gasteiger partial charge is 0.331 e. The van der Waals surface area contributed by atoms with Gasteiger partial charge in [0.25, 0.3) is 0 Å². The van der Waals surface area contributed by atoms with Crippen LogP contribution in [0.4, 0.5) is 0 Å². The number of aldehydes is 1. The number of hydrogen-bond acceptors (Lipinski definition) is 10. The van der Waals surface area contributed by atoms with Crippen LogP contribution in [-0.4, -0.2) is 92.6 Å². The summed E-state index contributed by atoms with van der Waals surface area (Å²) in [4.78, 5) is 30.3. The van der Waals surface area contributed by atoms with Crippen LogP contribution in [0.1, 0.15) is 175 Å². The topological polar surface area (TPSA) is 166 Å². The minimum absolute atomic E-state index is 0.0130. The Morgan fingerprint density at radius 2 is 1.56 bits per heavy atom. The molecule has 3 aliphatic heterocycles. The lowest BCUT2D eigenvalue weighted by atomic mass is 9.29. The largest absolute Gasteiger partial charge is 0.454 e. The quantitative estimate of drug-likeness (QED) is 0.0823. The fourth-order valence-corrected chi connectivity index (χ4v) is 27.3. The van der Waals surface area contributed by atoms with E-state index in [1.165, 1.54) is 42.2 Å². The van der Waals surface area contributed by atoms with Crippen molar-refractivity contribution in [3.63, 3.8) is 0 Å². The molecule has 10 nitrogen and oxygen atoms in total. The van der Waals surface area contributed by atoms with E-state index in [0.717, 1.165) is 86.5 Å². The van der Waals surface area contributed by atoms with Crippen LogP contribution >= 0.6 is 0 Å². The lowest BCUT2D eigenvalue weighted by Crippen LogP contribution is -2.84. The van der Waals surface area contributed by atoms with Gasteiger partial charge in [-0.3, -0.25) is 0 Å². The van der Waals surface area contributed by atoms with Crippen LogP contribution in [0.2, 0.25) is 0 Å². The van der Waals surface area contributed by atoms with Crippen molar-refractivity contribution < 1.29 is 44.6 Å². The third kappa shape index (κ3) is 6.86. The fraction of sp³-hybridized carbons (Fsp3) is 0.684. The van der Waals surface area contributed by atoms with Gasteiger partial charge in [-0.15, -0.1) is 0 Å². The number of esters is 1. The Kier molecular flexibility index (Phi) is 12.6. The summed E-state index contributed by atoms with van der Waals surface area (Å²) in [6.07, 6.45) is 19.6. The number of aliphatic hydroxyl groups excluding tert-OH is 2. The predicted octanol–water partition coefficient (Wildman–Crippen LogP) is 10.5. The highest BCUT2D eigenvalue weighted by Gasteiger charge is 2.89. The number of carbonyl (C=O) groups excluding carboxylic acids is 2. The van der Waals surface area contributed by atoms with Gasteiger partial charge in [-0.2, -0.15) is 0 Å². The maximum absolute atomic E-state index is 16.1. The number of rotatable bonds is 5. The van der Waals surface area contributed by atoms with Crippen LogP contribution in [0, 0.1) is 110 Å². The first-order valence-corrected chi connectivity index (χ1v) is 34.5. The molecule has 25 unspecified atom stereocenters. The van der Waals surface area contributed by atoms with Crippen molar-refractivity contribution in [1.29, 1.82) is 0 Å². The number of hydrogen-bond donors (Lipinski definition) is 6. The molecule has 25 atom stereocenters. The number of likely N-dealkylation sites (N-methyl/N-ethyl adjacent to an activating group) is 1. The second-order valence-electron chi connectivity index (χ2n) is 32.0. The Hall–Kier alpha value is -4.18. The minimum atomic E-state index is -1.87. The van der Waals surface area contributed by atoms with E-state index in [-0.39, 0.29) is 85.2 Å². The summed E-state index contributed by atoms with van der Waals surface area (Å²) in [7, 11) is 1.94. The summed E-state index contributed by atoms with van der Waals surface area (Å²) in [5, 5.41) is 73.3. The highest BCUT2D eigenvalue weighted by atomic mass is 16.5. The molecule has 3 aromatic rings. The van der Waals surface area contributed by atoms with E-state index in [0.29, 0.717) is 81.0 Å². The van der Waals surface area contributed by atoms with Crippen molar-refractivity contribution >= 4 is 12.3 Å². The molecule has 11 fully saturated rings. The van der Waals surface area contributed by atoms with Crippen LogP contribution in [0.25, 0.3) is 0 Å². The van der Waals surface area contributed by atoms with Gasteiger partial charge in [0.05, 0.1) is 42.0 Å². The Labute approximate surface area is 509 Å². The van der Waals surface area contributed by atoms with Crippen molar-refractivity contribution in [3.05, 3.63) is 118 Å². The molecular formula is C76H93NO9. The average molecular weight is 1160 g/mol. The molecular weight excluding hydrogens is 1070 g/mol. The maximum Gasteiger partial charge on any atom is 0.331 e. The fourth-order valence-electron chi connectivity index (χ4n) is 27.3. The number of fused-ring (bicyclic) bond motifs is 14. The number of benzene rings is 3. The summed E-state index contributed by atoms with van der Waals surface area (Å²) >= 11 is 0. The molecule has 6 N–H and O–H groups in total. The molecule has 10 heteroatoms. The monoisotopic (exact) mass is 1160 g/mol. The normalized spacial score (nSPS) is 50.5. The van der Waals surface area contributed by atoms with Crippen molar-refractivity contribution in [2.45, 2.75) is 208 Å². The number of nitrogens with one attached hydrogen (secondary N) is 1. The molecule has 10 saturated carbocycles. The number of ether oxygens (including phenoxy) is 2. The van der Waals surface area contributed by atoms with E-state index < -0.39 is 62.4 Å². The van der Waals surface area contributed by atoms with Crippen LogP contribution in [0.3, 0.4) is 0 Å². The second kappa shape index (κ2) is 19.4. The molecule has 16 bridgehead atoms. The van der Waals surface area contributed by atoms with Crippen molar-refractivity contribution in [1.82, 2.24) is 5.32 Å². The molecule has 3 heterocycles. The van der Waals surface area contributed by atoms with E-state index in [1.807, 2.05) is 25.2 Å². The van der Waals surface area contributed by atoms with Crippen molar-refractivity contribution in [2.24, 2.45) is 98.1 Å². The average Bonchev–Trinajstić information content (AvgIpc) is 1.28. The van der Waals surface area contributed by atoms with Gasteiger partial charge in [0.1, 0.15) is 18.0 Å². The summed E-state index contributed by atoms with van der Waals surface area (Å²) in [6.45, 7) is 2.03. The zero-order valence-electron chi connectivity index (χ0n) is 50.9. The molecule has 3 aromatic carbocycles. The van der Waals surface area contributed by atoms with Gasteiger partial charge in [-0.25, -0.2) is 4.79 Å². The molecule has 12 aliphatic carbocycles. The summed E-state index contributed by atoms with van der Waals surface area (Å²) < 4.78 is 14.8. The van der Waals surface area contributed by atoms with E-state index >= 15 is 20.1 Å². The molecule has 0 aromatic heterocycles. The first-order valence-electron chi connectivity index (χ1n) is 34.5. The lowest BCUT2D eigenvalue weighted by molar-refractivity contribution is -0.387. The van der Waals surface area contributed by atoms with Crippen molar-refractivity contribution in [2.75, 3.05) is 13.7 Å².